The van der Waals surface area contributed by atoms with Crippen molar-refractivity contribution in [3.05, 3.63) is 12.4 Å². The highest BCUT2D eigenvalue weighted by Crippen LogP contribution is 2.07. The maximum absolute atomic E-state index is 11.2. The molecule has 0 aliphatic carbocycles. The number of aryl methyl sites for hydroxylation is 1. The van der Waals surface area contributed by atoms with E-state index in [4.69, 9.17) is 5.73 Å². The molecule has 0 bridgehead atoms. The second-order valence-corrected chi connectivity index (χ2v) is 6.04. The van der Waals surface area contributed by atoms with Gasteiger partial charge in [-0.15, -0.1) is 0 Å². The van der Waals surface area contributed by atoms with Crippen LogP contribution in [0.5, 0.6) is 0 Å². The van der Waals surface area contributed by atoms with E-state index in [1.165, 1.54) is 12.5 Å². The topological polar surface area (TPSA) is 78.0 Å². The monoisotopic (exact) mass is 245 g/mol. The first kappa shape index (κ1) is 13.2. The van der Waals surface area contributed by atoms with Gasteiger partial charge < -0.3 is 5.73 Å². The minimum Gasteiger partial charge on any atom is -0.328 e. The summed E-state index contributed by atoms with van der Waals surface area (Å²) in [6.07, 6.45) is 6.95. The second-order valence-electron chi connectivity index (χ2n) is 4.02. The molecule has 0 fully saturated rings. The van der Waals surface area contributed by atoms with Crippen molar-refractivity contribution in [2.45, 2.75) is 43.7 Å². The second kappa shape index (κ2) is 5.45. The molecule has 0 aliphatic heterocycles. The maximum atomic E-state index is 11.2. The lowest BCUT2D eigenvalue weighted by Gasteiger charge is -2.07. The first-order chi connectivity index (χ1) is 7.43. The highest BCUT2D eigenvalue weighted by atomic mass is 32.2. The van der Waals surface area contributed by atoms with Gasteiger partial charge in [0.1, 0.15) is 4.90 Å². The van der Waals surface area contributed by atoms with Crippen LogP contribution in [0.2, 0.25) is 0 Å². The number of nitrogens with zero attached hydrogens (tertiary/aromatic N) is 2. The molecule has 0 saturated heterocycles. The third kappa shape index (κ3) is 3.94. The predicted molar refractivity (Wildman–Crippen MR) is 62.8 cm³/mol. The summed E-state index contributed by atoms with van der Waals surface area (Å²) in [7, 11) is -3.14. The largest absolute Gasteiger partial charge is 0.328 e. The minimum atomic E-state index is -3.14. The number of sulfone groups is 1. The van der Waals surface area contributed by atoms with Crippen LogP contribution in [0, 0.1) is 0 Å². The van der Waals surface area contributed by atoms with Gasteiger partial charge in [-0.2, -0.15) is 5.10 Å². The van der Waals surface area contributed by atoms with Crippen molar-refractivity contribution in [1.29, 1.82) is 0 Å². The smallest absolute Gasteiger partial charge is 0.178 e. The number of aromatic nitrogens is 2. The summed E-state index contributed by atoms with van der Waals surface area (Å²) in [6.45, 7) is 2.77. The minimum absolute atomic E-state index is 0.227. The summed E-state index contributed by atoms with van der Waals surface area (Å²) < 4.78 is 24.1. The zero-order valence-electron chi connectivity index (χ0n) is 9.76. The van der Waals surface area contributed by atoms with E-state index in [1.54, 1.807) is 10.9 Å². The summed E-state index contributed by atoms with van der Waals surface area (Å²) in [5.41, 5.74) is 5.79. The van der Waals surface area contributed by atoms with E-state index in [1.807, 2.05) is 0 Å². The van der Waals surface area contributed by atoms with Crippen LogP contribution in [0.1, 0.15) is 26.2 Å². The van der Waals surface area contributed by atoms with Crippen molar-refractivity contribution in [3.63, 3.8) is 0 Å². The Labute approximate surface area is 96.6 Å². The Morgan fingerprint density at radius 3 is 2.75 bits per heavy atom. The van der Waals surface area contributed by atoms with Crippen LogP contribution in [0.15, 0.2) is 17.3 Å². The van der Waals surface area contributed by atoms with E-state index < -0.39 is 9.84 Å². The maximum Gasteiger partial charge on any atom is 0.178 e. The Kier molecular flexibility index (Phi) is 4.49. The van der Waals surface area contributed by atoms with Crippen LogP contribution in [0.4, 0.5) is 0 Å². The number of hydrogen-bond acceptors (Lipinski definition) is 4. The van der Waals surface area contributed by atoms with E-state index in [0.29, 0.717) is 6.54 Å². The number of rotatable bonds is 6. The summed E-state index contributed by atoms with van der Waals surface area (Å²) in [6, 6.07) is 0.227. The molecule has 0 aliphatic rings. The molecule has 1 aromatic rings. The lowest BCUT2D eigenvalue weighted by atomic mass is 10.1. The van der Waals surface area contributed by atoms with Gasteiger partial charge in [0, 0.05) is 25.0 Å². The van der Waals surface area contributed by atoms with Gasteiger partial charge in [-0.1, -0.05) is 6.92 Å². The quantitative estimate of drug-likeness (QED) is 0.804. The van der Waals surface area contributed by atoms with Crippen molar-refractivity contribution in [2.75, 3.05) is 6.26 Å². The molecule has 16 heavy (non-hydrogen) atoms. The molecular formula is C10H19N3O2S. The van der Waals surface area contributed by atoms with Gasteiger partial charge in [-0.05, 0) is 19.3 Å². The Hall–Kier alpha value is -0.880. The van der Waals surface area contributed by atoms with Crippen LogP contribution < -0.4 is 5.73 Å². The molecule has 0 amide bonds. The molecule has 0 saturated carbocycles. The third-order valence-electron chi connectivity index (χ3n) is 2.52. The highest BCUT2D eigenvalue weighted by Gasteiger charge is 2.09. The lowest BCUT2D eigenvalue weighted by molar-refractivity contribution is 0.501. The van der Waals surface area contributed by atoms with Gasteiger partial charge in [-0.3, -0.25) is 4.68 Å². The molecule has 0 radical (unpaired) electrons. The molecule has 0 aromatic carbocycles. The fraction of sp³-hybridized carbons (Fsp3) is 0.700. The predicted octanol–water partition coefficient (Wildman–Crippen LogP) is 0.804. The summed E-state index contributed by atoms with van der Waals surface area (Å²) in [4.78, 5) is 0.271. The Balaban J connectivity index is 2.47. The van der Waals surface area contributed by atoms with Crippen molar-refractivity contribution < 1.29 is 8.42 Å². The summed E-state index contributed by atoms with van der Waals surface area (Å²) in [5.74, 6) is 0. The third-order valence-corrected chi connectivity index (χ3v) is 3.59. The van der Waals surface area contributed by atoms with Crippen molar-refractivity contribution in [1.82, 2.24) is 9.78 Å². The van der Waals surface area contributed by atoms with E-state index in [2.05, 4.69) is 12.0 Å². The first-order valence-corrected chi connectivity index (χ1v) is 7.30. The molecule has 1 unspecified atom stereocenters. The van der Waals surface area contributed by atoms with Gasteiger partial charge in [0.25, 0.3) is 0 Å². The van der Waals surface area contributed by atoms with Crippen LogP contribution in [-0.4, -0.2) is 30.5 Å². The van der Waals surface area contributed by atoms with Crippen LogP contribution in [0.25, 0.3) is 0 Å². The molecule has 1 rings (SSSR count). The zero-order chi connectivity index (χ0) is 12.2. The lowest BCUT2D eigenvalue weighted by Crippen LogP contribution is -2.18. The van der Waals surface area contributed by atoms with Gasteiger partial charge in [-0.25, -0.2) is 8.42 Å². The Morgan fingerprint density at radius 2 is 2.25 bits per heavy atom. The standard InChI is InChI=1S/C10H19N3O2S/c1-3-9(11)5-4-6-13-8-10(7-12-13)16(2,14)15/h7-9H,3-6,11H2,1-2H3. The molecule has 0 spiro atoms. The highest BCUT2D eigenvalue weighted by molar-refractivity contribution is 7.90. The van der Waals surface area contributed by atoms with Crippen molar-refractivity contribution in [3.8, 4) is 0 Å². The first-order valence-electron chi connectivity index (χ1n) is 5.41. The molecule has 1 aromatic heterocycles. The summed E-state index contributed by atoms with van der Waals surface area (Å²) >= 11 is 0. The van der Waals surface area contributed by atoms with E-state index in [-0.39, 0.29) is 10.9 Å². The van der Waals surface area contributed by atoms with E-state index in [0.717, 1.165) is 19.3 Å². The zero-order valence-corrected chi connectivity index (χ0v) is 10.6. The summed E-state index contributed by atoms with van der Waals surface area (Å²) in [5, 5.41) is 4.00. The van der Waals surface area contributed by atoms with Crippen molar-refractivity contribution >= 4 is 9.84 Å². The average Bonchev–Trinajstić information content (AvgIpc) is 2.65. The van der Waals surface area contributed by atoms with Crippen LogP contribution in [-0.2, 0) is 16.4 Å². The van der Waals surface area contributed by atoms with E-state index in [9.17, 15) is 8.42 Å². The van der Waals surface area contributed by atoms with Gasteiger partial charge in [0.2, 0.25) is 0 Å². The molecule has 1 heterocycles. The molecule has 2 N–H and O–H groups in total. The van der Waals surface area contributed by atoms with Crippen molar-refractivity contribution in [2.24, 2.45) is 5.73 Å². The molecule has 1 atom stereocenters. The normalized spacial score (nSPS) is 13.9. The molecule has 5 nitrogen and oxygen atoms in total. The number of hydrogen-bond donors (Lipinski definition) is 1. The Bertz CT molecular complexity index is 425. The van der Waals surface area contributed by atoms with Crippen LogP contribution in [0.3, 0.4) is 0 Å². The van der Waals surface area contributed by atoms with E-state index >= 15 is 0 Å². The van der Waals surface area contributed by atoms with Gasteiger partial charge in [0.05, 0.1) is 6.20 Å². The fourth-order valence-electron chi connectivity index (χ4n) is 1.38. The fourth-order valence-corrected chi connectivity index (χ4v) is 1.93. The molecule has 6 heteroatoms. The van der Waals surface area contributed by atoms with Crippen LogP contribution >= 0.6 is 0 Å². The average molecular weight is 245 g/mol. The Morgan fingerprint density at radius 1 is 1.56 bits per heavy atom. The SMILES string of the molecule is CCC(N)CCCn1cc(S(C)(=O)=O)cn1. The molecule has 92 valence electrons. The molecular weight excluding hydrogens is 226 g/mol. The van der Waals surface area contributed by atoms with Gasteiger partial charge >= 0.3 is 0 Å². The number of nitrogens with two attached hydrogens (primary N) is 1. The van der Waals surface area contributed by atoms with Gasteiger partial charge in [0.15, 0.2) is 9.84 Å².